The van der Waals surface area contributed by atoms with Crippen molar-refractivity contribution in [2.75, 3.05) is 6.54 Å². The molecule has 1 aromatic rings. The summed E-state index contributed by atoms with van der Waals surface area (Å²) in [6, 6.07) is 9.98. The molecule has 1 atom stereocenters. The lowest BCUT2D eigenvalue weighted by Crippen LogP contribution is -2.28. The van der Waals surface area contributed by atoms with Crippen LogP contribution in [0.2, 0.25) is 0 Å². The molecule has 4 nitrogen and oxygen atoms in total. The summed E-state index contributed by atoms with van der Waals surface area (Å²) in [6.45, 7) is 6.94. The summed E-state index contributed by atoms with van der Waals surface area (Å²) in [4.78, 5) is 12.2. The van der Waals surface area contributed by atoms with Gasteiger partial charge in [-0.2, -0.15) is 5.26 Å². The van der Waals surface area contributed by atoms with Crippen molar-refractivity contribution in [1.29, 1.82) is 5.26 Å². The molecule has 0 aliphatic rings. The maximum Gasteiger partial charge on any atom is 0.263 e. The van der Waals surface area contributed by atoms with Gasteiger partial charge in [-0.3, -0.25) is 4.79 Å². The van der Waals surface area contributed by atoms with E-state index in [9.17, 15) is 4.79 Å². The van der Waals surface area contributed by atoms with Crippen molar-refractivity contribution >= 4 is 5.91 Å². The van der Waals surface area contributed by atoms with Gasteiger partial charge in [0.25, 0.3) is 5.91 Å². The predicted octanol–water partition coefficient (Wildman–Crippen LogP) is 3.61. The van der Waals surface area contributed by atoms with Crippen molar-refractivity contribution in [2.24, 2.45) is 0 Å². The number of nitriles is 1. The van der Waals surface area contributed by atoms with Gasteiger partial charge in [0, 0.05) is 12.7 Å². The van der Waals surface area contributed by atoms with Crippen LogP contribution in [0.3, 0.4) is 0 Å². The van der Waals surface area contributed by atoms with Gasteiger partial charge in [-0.25, -0.2) is 0 Å². The van der Waals surface area contributed by atoms with E-state index in [1.54, 1.807) is 0 Å². The maximum absolute atomic E-state index is 12.2. The first kappa shape index (κ1) is 18.8. The van der Waals surface area contributed by atoms with E-state index in [-0.39, 0.29) is 17.5 Å². The third kappa shape index (κ3) is 6.56. The van der Waals surface area contributed by atoms with Crippen molar-refractivity contribution in [3.63, 3.8) is 0 Å². The van der Waals surface area contributed by atoms with E-state index < -0.39 is 0 Å². The molecule has 124 valence electrons. The fraction of sp³-hybridized carbons (Fsp3) is 0.474. The molecule has 4 heteroatoms. The Labute approximate surface area is 139 Å². The van der Waals surface area contributed by atoms with Crippen LogP contribution in [0, 0.1) is 11.3 Å². The summed E-state index contributed by atoms with van der Waals surface area (Å²) in [7, 11) is 0. The monoisotopic (exact) mass is 313 g/mol. The van der Waals surface area contributed by atoms with Crippen LogP contribution in [-0.4, -0.2) is 12.5 Å². The van der Waals surface area contributed by atoms with Crippen molar-refractivity contribution in [3.05, 3.63) is 47.2 Å². The van der Waals surface area contributed by atoms with Crippen LogP contribution in [0.5, 0.6) is 0 Å². The number of carbonyl (C=O) groups excluding carboxylic acids is 1. The van der Waals surface area contributed by atoms with E-state index in [0.717, 1.165) is 37.8 Å². The topological polar surface area (TPSA) is 64.9 Å². The smallest absolute Gasteiger partial charge is 0.263 e. The first-order valence-corrected chi connectivity index (χ1v) is 8.35. The predicted molar refractivity (Wildman–Crippen MR) is 93.6 cm³/mol. The van der Waals surface area contributed by atoms with Gasteiger partial charge in [-0.15, -0.1) is 0 Å². The van der Waals surface area contributed by atoms with Crippen LogP contribution in [-0.2, 0) is 11.2 Å². The largest absolute Gasteiger partial charge is 0.390 e. The molecule has 1 amide bonds. The molecule has 0 spiro atoms. The number of unbranched alkanes of at least 4 members (excludes halogenated alkanes) is 2. The van der Waals surface area contributed by atoms with Gasteiger partial charge in [-0.05, 0) is 30.9 Å². The van der Waals surface area contributed by atoms with E-state index >= 15 is 0 Å². The quantitative estimate of drug-likeness (QED) is 0.416. The number of carbonyl (C=O) groups is 1. The Balaban J connectivity index is 2.57. The highest BCUT2D eigenvalue weighted by Crippen LogP contribution is 2.14. The number of rotatable bonds is 9. The number of nitrogens with zero attached hydrogens (tertiary/aromatic N) is 1. The van der Waals surface area contributed by atoms with E-state index in [0.29, 0.717) is 0 Å². The molecule has 0 fully saturated rings. The molecule has 0 radical (unpaired) electrons. The van der Waals surface area contributed by atoms with E-state index in [4.69, 9.17) is 5.26 Å². The molecule has 1 rings (SSSR count). The minimum absolute atomic E-state index is 0.110. The van der Waals surface area contributed by atoms with Gasteiger partial charge in [-0.1, -0.05) is 51.0 Å². The molecule has 0 aliphatic heterocycles. The SMILES string of the molecule is CCCCCN/C=C(/C#N)C(=O)NC(C)c1ccc(CC)cc1. The normalized spacial score (nSPS) is 12.3. The molecular formula is C19H27N3O. The molecule has 1 aromatic carbocycles. The zero-order valence-corrected chi connectivity index (χ0v) is 14.4. The minimum Gasteiger partial charge on any atom is -0.390 e. The fourth-order valence-corrected chi connectivity index (χ4v) is 2.20. The number of nitrogens with one attached hydrogen (secondary N) is 2. The molecule has 23 heavy (non-hydrogen) atoms. The highest BCUT2D eigenvalue weighted by molar-refractivity contribution is 5.97. The number of hydrogen-bond acceptors (Lipinski definition) is 3. The van der Waals surface area contributed by atoms with Crippen molar-refractivity contribution in [3.8, 4) is 6.07 Å². The summed E-state index contributed by atoms with van der Waals surface area (Å²) in [5.41, 5.74) is 2.41. The average molecular weight is 313 g/mol. The third-order valence-corrected chi connectivity index (χ3v) is 3.77. The average Bonchev–Trinajstić information content (AvgIpc) is 2.58. The molecule has 2 N–H and O–H groups in total. The molecule has 0 saturated heterocycles. The van der Waals surface area contributed by atoms with Crippen LogP contribution >= 0.6 is 0 Å². The van der Waals surface area contributed by atoms with Crippen molar-refractivity contribution in [1.82, 2.24) is 10.6 Å². The lowest BCUT2D eigenvalue weighted by Gasteiger charge is -2.14. The zero-order valence-electron chi connectivity index (χ0n) is 14.4. The fourth-order valence-electron chi connectivity index (χ4n) is 2.20. The number of aryl methyl sites for hydroxylation is 1. The zero-order chi connectivity index (χ0) is 17.1. The molecule has 0 aromatic heterocycles. The van der Waals surface area contributed by atoms with Crippen LogP contribution in [0.1, 0.15) is 57.2 Å². The second-order valence-electron chi connectivity index (χ2n) is 5.62. The highest BCUT2D eigenvalue weighted by atomic mass is 16.1. The standard InChI is InChI=1S/C19H27N3O/c1-4-6-7-12-21-14-18(13-20)19(23)22-15(3)17-10-8-16(5-2)9-11-17/h8-11,14-15,21H,4-7,12H2,1-3H3,(H,22,23)/b18-14-. The Morgan fingerprint density at radius 1 is 1.26 bits per heavy atom. The van der Waals surface area contributed by atoms with E-state index in [1.807, 2.05) is 25.1 Å². The highest BCUT2D eigenvalue weighted by Gasteiger charge is 2.13. The van der Waals surface area contributed by atoms with Crippen LogP contribution < -0.4 is 10.6 Å². The molecule has 1 unspecified atom stereocenters. The first-order valence-electron chi connectivity index (χ1n) is 8.35. The lowest BCUT2D eigenvalue weighted by atomic mass is 10.0. The Bertz CT molecular complexity index is 555. The minimum atomic E-state index is -0.345. The molecule has 0 saturated carbocycles. The van der Waals surface area contributed by atoms with Gasteiger partial charge in [0.15, 0.2) is 0 Å². The van der Waals surface area contributed by atoms with Gasteiger partial charge < -0.3 is 10.6 Å². The number of benzene rings is 1. The Morgan fingerprint density at radius 2 is 1.96 bits per heavy atom. The summed E-state index contributed by atoms with van der Waals surface area (Å²) in [6.07, 6.45) is 5.82. The second kappa shape index (κ2) is 10.4. The Hall–Kier alpha value is -2.28. The second-order valence-corrected chi connectivity index (χ2v) is 5.62. The first-order chi connectivity index (χ1) is 11.1. The van der Waals surface area contributed by atoms with Gasteiger partial charge in [0.05, 0.1) is 6.04 Å². The summed E-state index contributed by atoms with van der Waals surface area (Å²) in [5, 5.41) is 15.0. The number of amides is 1. The van der Waals surface area contributed by atoms with Crippen LogP contribution in [0.15, 0.2) is 36.0 Å². The molecular weight excluding hydrogens is 286 g/mol. The van der Waals surface area contributed by atoms with E-state index in [1.165, 1.54) is 11.8 Å². The van der Waals surface area contributed by atoms with Gasteiger partial charge in [0.1, 0.15) is 11.6 Å². The third-order valence-electron chi connectivity index (χ3n) is 3.77. The van der Waals surface area contributed by atoms with Gasteiger partial charge >= 0.3 is 0 Å². The lowest BCUT2D eigenvalue weighted by molar-refractivity contribution is -0.117. The van der Waals surface area contributed by atoms with Crippen LogP contribution in [0.4, 0.5) is 0 Å². The van der Waals surface area contributed by atoms with Crippen molar-refractivity contribution < 1.29 is 4.79 Å². The molecule has 0 heterocycles. The Morgan fingerprint density at radius 3 is 2.52 bits per heavy atom. The summed E-state index contributed by atoms with van der Waals surface area (Å²) >= 11 is 0. The van der Waals surface area contributed by atoms with Crippen LogP contribution in [0.25, 0.3) is 0 Å². The maximum atomic E-state index is 12.2. The summed E-state index contributed by atoms with van der Waals surface area (Å²) in [5.74, 6) is -0.345. The molecule has 0 aliphatic carbocycles. The van der Waals surface area contributed by atoms with Crippen molar-refractivity contribution in [2.45, 2.75) is 52.5 Å². The Kier molecular flexibility index (Phi) is 8.52. The summed E-state index contributed by atoms with van der Waals surface area (Å²) < 4.78 is 0. The molecule has 0 bridgehead atoms. The van der Waals surface area contributed by atoms with Gasteiger partial charge in [0.2, 0.25) is 0 Å². The van der Waals surface area contributed by atoms with E-state index in [2.05, 4.69) is 36.6 Å². The number of hydrogen-bond donors (Lipinski definition) is 2.